The summed E-state index contributed by atoms with van der Waals surface area (Å²) in [5.74, 6) is -0.158. The Morgan fingerprint density at radius 1 is 1.33 bits per heavy atom. The fourth-order valence-electron chi connectivity index (χ4n) is 2.02. The van der Waals surface area contributed by atoms with Crippen molar-refractivity contribution in [2.45, 2.75) is 40.0 Å². The molecule has 0 heterocycles. The molecule has 1 N–H and O–H groups in total. The van der Waals surface area contributed by atoms with Gasteiger partial charge in [0.1, 0.15) is 5.82 Å². The minimum atomic E-state index is -0.158. The smallest absolute Gasteiger partial charge is 0.126 e. The molecule has 0 radical (unpaired) electrons. The average Bonchev–Trinajstić information content (AvgIpc) is 2.34. The second-order valence-corrected chi connectivity index (χ2v) is 5.69. The third-order valence-corrected chi connectivity index (χ3v) is 3.69. The van der Waals surface area contributed by atoms with Crippen LogP contribution in [0.3, 0.4) is 0 Å². The van der Waals surface area contributed by atoms with Crippen molar-refractivity contribution in [2.75, 3.05) is 13.1 Å². The summed E-state index contributed by atoms with van der Waals surface area (Å²) in [6, 6.07) is 4.79. The van der Waals surface area contributed by atoms with E-state index >= 15 is 0 Å². The highest BCUT2D eigenvalue weighted by molar-refractivity contribution is 6.30. The fourth-order valence-corrected chi connectivity index (χ4v) is 2.21. The van der Waals surface area contributed by atoms with Gasteiger partial charge in [-0.05, 0) is 55.0 Å². The molecule has 3 heteroatoms. The molecule has 0 amide bonds. The molecule has 0 aliphatic heterocycles. The Morgan fingerprint density at radius 2 is 2.06 bits per heavy atom. The standard InChI is InChI=1S/C15H23ClFN/c1-4-8-18-11-15(3,5-2)10-12-9-13(16)6-7-14(12)17/h6-7,9,18H,4-5,8,10-11H2,1-3H3. The number of rotatable bonds is 7. The molecule has 1 rings (SSSR count). The first-order valence-electron chi connectivity index (χ1n) is 6.65. The van der Waals surface area contributed by atoms with Crippen molar-refractivity contribution in [3.05, 3.63) is 34.6 Å². The van der Waals surface area contributed by atoms with Crippen LogP contribution < -0.4 is 5.32 Å². The van der Waals surface area contributed by atoms with Gasteiger partial charge in [-0.2, -0.15) is 0 Å². The van der Waals surface area contributed by atoms with Crippen LogP contribution in [0.2, 0.25) is 5.02 Å². The Hall–Kier alpha value is -0.600. The van der Waals surface area contributed by atoms with Gasteiger partial charge in [0.15, 0.2) is 0 Å². The largest absolute Gasteiger partial charge is 0.316 e. The highest BCUT2D eigenvalue weighted by Crippen LogP contribution is 2.28. The van der Waals surface area contributed by atoms with Crippen molar-refractivity contribution in [2.24, 2.45) is 5.41 Å². The molecule has 0 fully saturated rings. The summed E-state index contributed by atoms with van der Waals surface area (Å²) < 4.78 is 13.7. The molecule has 102 valence electrons. The van der Waals surface area contributed by atoms with E-state index < -0.39 is 0 Å². The van der Waals surface area contributed by atoms with Gasteiger partial charge in [0.25, 0.3) is 0 Å². The molecule has 18 heavy (non-hydrogen) atoms. The Bertz CT molecular complexity index is 381. The summed E-state index contributed by atoms with van der Waals surface area (Å²) in [7, 11) is 0. The molecular formula is C15H23ClFN. The maximum atomic E-state index is 13.7. The summed E-state index contributed by atoms with van der Waals surface area (Å²) in [5.41, 5.74) is 0.783. The predicted octanol–water partition coefficient (Wildman–Crippen LogP) is 4.44. The van der Waals surface area contributed by atoms with E-state index in [0.717, 1.165) is 25.9 Å². The minimum absolute atomic E-state index is 0.0701. The molecular weight excluding hydrogens is 249 g/mol. The molecule has 1 aromatic carbocycles. The molecule has 0 spiro atoms. The fraction of sp³-hybridized carbons (Fsp3) is 0.600. The lowest BCUT2D eigenvalue weighted by Gasteiger charge is -2.29. The highest BCUT2D eigenvalue weighted by Gasteiger charge is 2.23. The SMILES string of the molecule is CCCNCC(C)(CC)Cc1cc(Cl)ccc1F. The third kappa shape index (κ3) is 4.58. The van der Waals surface area contributed by atoms with Gasteiger partial charge in [-0.25, -0.2) is 4.39 Å². The van der Waals surface area contributed by atoms with E-state index in [2.05, 4.69) is 26.1 Å². The van der Waals surface area contributed by atoms with E-state index in [4.69, 9.17) is 11.6 Å². The number of halogens is 2. The molecule has 0 saturated heterocycles. The molecule has 1 nitrogen and oxygen atoms in total. The first kappa shape index (κ1) is 15.5. The molecule has 0 bridgehead atoms. The van der Waals surface area contributed by atoms with E-state index in [1.165, 1.54) is 6.07 Å². The van der Waals surface area contributed by atoms with Crippen LogP contribution in [0, 0.1) is 11.2 Å². The number of hydrogen-bond donors (Lipinski definition) is 1. The van der Waals surface area contributed by atoms with Crippen molar-refractivity contribution in [1.82, 2.24) is 5.32 Å². The Morgan fingerprint density at radius 3 is 2.67 bits per heavy atom. The molecule has 0 aliphatic rings. The van der Waals surface area contributed by atoms with E-state index in [-0.39, 0.29) is 11.2 Å². The van der Waals surface area contributed by atoms with Crippen LogP contribution in [-0.4, -0.2) is 13.1 Å². The van der Waals surface area contributed by atoms with Gasteiger partial charge in [-0.1, -0.05) is 32.4 Å². The maximum Gasteiger partial charge on any atom is 0.126 e. The molecule has 1 unspecified atom stereocenters. The van der Waals surface area contributed by atoms with Gasteiger partial charge in [0, 0.05) is 11.6 Å². The van der Waals surface area contributed by atoms with Crippen molar-refractivity contribution in [3.8, 4) is 0 Å². The maximum absolute atomic E-state index is 13.7. The van der Waals surface area contributed by atoms with Gasteiger partial charge in [0.05, 0.1) is 0 Å². The van der Waals surface area contributed by atoms with Gasteiger partial charge in [-0.3, -0.25) is 0 Å². The average molecular weight is 272 g/mol. The third-order valence-electron chi connectivity index (χ3n) is 3.46. The van der Waals surface area contributed by atoms with Crippen molar-refractivity contribution in [3.63, 3.8) is 0 Å². The zero-order valence-corrected chi connectivity index (χ0v) is 12.3. The molecule has 0 saturated carbocycles. The van der Waals surface area contributed by atoms with Crippen LogP contribution >= 0.6 is 11.6 Å². The lowest BCUT2D eigenvalue weighted by molar-refractivity contribution is 0.287. The summed E-state index contributed by atoms with van der Waals surface area (Å²) in [6.07, 6.45) is 2.84. The lowest BCUT2D eigenvalue weighted by atomic mass is 9.81. The van der Waals surface area contributed by atoms with Crippen molar-refractivity contribution < 1.29 is 4.39 Å². The van der Waals surface area contributed by atoms with E-state index in [1.807, 2.05) is 0 Å². The van der Waals surface area contributed by atoms with Crippen molar-refractivity contribution in [1.29, 1.82) is 0 Å². The van der Waals surface area contributed by atoms with Crippen LogP contribution in [0.1, 0.15) is 39.2 Å². The van der Waals surface area contributed by atoms with Crippen LogP contribution in [0.25, 0.3) is 0 Å². The van der Waals surface area contributed by atoms with Gasteiger partial charge >= 0.3 is 0 Å². The zero-order chi connectivity index (χ0) is 13.6. The van der Waals surface area contributed by atoms with Crippen molar-refractivity contribution >= 4 is 11.6 Å². The van der Waals surface area contributed by atoms with Crippen LogP contribution in [0.4, 0.5) is 4.39 Å². The Labute approximate surface area is 115 Å². The monoisotopic (exact) mass is 271 g/mol. The van der Waals surface area contributed by atoms with E-state index in [0.29, 0.717) is 17.0 Å². The van der Waals surface area contributed by atoms with Crippen LogP contribution in [0.15, 0.2) is 18.2 Å². The van der Waals surface area contributed by atoms with Crippen LogP contribution in [0.5, 0.6) is 0 Å². The number of benzene rings is 1. The second-order valence-electron chi connectivity index (χ2n) is 5.25. The molecule has 1 aromatic rings. The summed E-state index contributed by atoms with van der Waals surface area (Å²) in [6.45, 7) is 8.40. The van der Waals surface area contributed by atoms with Gasteiger partial charge < -0.3 is 5.32 Å². The summed E-state index contributed by atoms with van der Waals surface area (Å²) in [5, 5.41) is 4.03. The summed E-state index contributed by atoms with van der Waals surface area (Å²) >= 11 is 5.93. The first-order chi connectivity index (χ1) is 8.50. The zero-order valence-electron chi connectivity index (χ0n) is 11.5. The normalized spacial score (nSPS) is 14.5. The predicted molar refractivity (Wildman–Crippen MR) is 76.7 cm³/mol. The molecule has 0 aliphatic carbocycles. The second kappa shape index (κ2) is 7.10. The highest BCUT2D eigenvalue weighted by atomic mass is 35.5. The molecule has 0 aromatic heterocycles. The quantitative estimate of drug-likeness (QED) is 0.723. The topological polar surface area (TPSA) is 12.0 Å². The van der Waals surface area contributed by atoms with Crippen LogP contribution in [-0.2, 0) is 6.42 Å². The number of hydrogen-bond acceptors (Lipinski definition) is 1. The Kier molecular flexibility index (Phi) is 6.10. The summed E-state index contributed by atoms with van der Waals surface area (Å²) in [4.78, 5) is 0. The first-order valence-corrected chi connectivity index (χ1v) is 7.03. The Balaban J connectivity index is 2.74. The molecule has 1 atom stereocenters. The van der Waals surface area contributed by atoms with E-state index in [1.54, 1.807) is 12.1 Å². The van der Waals surface area contributed by atoms with Gasteiger partial charge in [-0.15, -0.1) is 0 Å². The number of nitrogens with one attached hydrogen (secondary N) is 1. The van der Waals surface area contributed by atoms with E-state index in [9.17, 15) is 4.39 Å². The lowest BCUT2D eigenvalue weighted by Crippen LogP contribution is -2.33. The minimum Gasteiger partial charge on any atom is -0.316 e. The van der Waals surface area contributed by atoms with Gasteiger partial charge in [0.2, 0.25) is 0 Å².